The normalized spacial score (nSPS) is 43.7. The van der Waals surface area contributed by atoms with Crippen molar-refractivity contribution in [1.82, 2.24) is 0 Å². The molecule has 0 amide bonds. The quantitative estimate of drug-likeness (QED) is 0.481. The third-order valence-electron chi connectivity index (χ3n) is 11.1. The molecule has 0 saturated heterocycles. The van der Waals surface area contributed by atoms with Crippen LogP contribution in [0.1, 0.15) is 100 Å². The highest BCUT2D eigenvalue weighted by atomic mass is 16.3. The molecule has 0 aromatic rings. The van der Waals surface area contributed by atoms with E-state index in [2.05, 4.69) is 33.8 Å². The number of ketones is 2. The molecular weight excluding hydrogens is 408 g/mol. The monoisotopic (exact) mass is 454 g/mol. The fourth-order valence-corrected chi connectivity index (χ4v) is 9.03. The van der Waals surface area contributed by atoms with Crippen LogP contribution in [0, 0.1) is 45.3 Å². The Balaban J connectivity index is 1.68. The van der Waals surface area contributed by atoms with Crippen LogP contribution < -0.4 is 0 Å². The van der Waals surface area contributed by atoms with Gasteiger partial charge in [0.2, 0.25) is 0 Å². The summed E-state index contributed by atoms with van der Waals surface area (Å²) in [5, 5.41) is 10.1. The molecule has 7 atom stereocenters. The molecule has 184 valence electrons. The zero-order valence-corrected chi connectivity index (χ0v) is 22.3. The van der Waals surface area contributed by atoms with Crippen molar-refractivity contribution in [1.29, 1.82) is 0 Å². The lowest BCUT2D eigenvalue weighted by atomic mass is 9.39. The molecule has 0 heterocycles. The molecule has 4 aliphatic rings. The van der Waals surface area contributed by atoms with Gasteiger partial charge in [-0.15, -0.1) is 0 Å². The summed E-state index contributed by atoms with van der Waals surface area (Å²) in [5.74, 6) is 2.08. The van der Waals surface area contributed by atoms with Gasteiger partial charge in [0.25, 0.3) is 0 Å². The first-order chi connectivity index (χ1) is 15.1. The fraction of sp³-hybridized carbons (Fsp3) is 0.800. The molecular formula is C30H46O3. The largest absolute Gasteiger partial charge is 0.386 e. The van der Waals surface area contributed by atoms with Gasteiger partial charge in [-0.25, -0.2) is 0 Å². The smallest absolute Gasteiger partial charge is 0.159 e. The number of fused-ring (bicyclic) bond motifs is 5. The molecule has 0 radical (unpaired) electrons. The minimum absolute atomic E-state index is 0.0103. The second kappa shape index (κ2) is 7.64. The summed E-state index contributed by atoms with van der Waals surface area (Å²) in [7, 11) is 0. The lowest BCUT2D eigenvalue weighted by molar-refractivity contribution is -0.162. The molecule has 0 spiro atoms. The van der Waals surface area contributed by atoms with E-state index in [0.717, 1.165) is 37.7 Å². The van der Waals surface area contributed by atoms with Gasteiger partial charge in [0.15, 0.2) is 5.78 Å². The number of rotatable bonds is 4. The second-order valence-electron chi connectivity index (χ2n) is 13.8. The summed E-state index contributed by atoms with van der Waals surface area (Å²) in [5.41, 5.74) is -0.0766. The molecule has 3 saturated carbocycles. The molecule has 0 unspecified atom stereocenters. The molecule has 1 N–H and O–H groups in total. The van der Waals surface area contributed by atoms with Gasteiger partial charge in [0.1, 0.15) is 5.78 Å². The summed E-state index contributed by atoms with van der Waals surface area (Å²) in [6, 6.07) is 0. The maximum absolute atomic E-state index is 13.9. The molecule has 4 aliphatic carbocycles. The predicted molar refractivity (Wildman–Crippen MR) is 134 cm³/mol. The van der Waals surface area contributed by atoms with E-state index < -0.39 is 11.0 Å². The highest BCUT2D eigenvalue weighted by molar-refractivity contribution is 5.98. The van der Waals surface area contributed by atoms with E-state index in [0.29, 0.717) is 30.0 Å². The van der Waals surface area contributed by atoms with E-state index in [9.17, 15) is 14.7 Å². The van der Waals surface area contributed by atoms with Crippen LogP contribution in [0.3, 0.4) is 0 Å². The molecule has 33 heavy (non-hydrogen) atoms. The molecule has 0 aliphatic heterocycles. The Morgan fingerprint density at radius 2 is 1.73 bits per heavy atom. The van der Waals surface area contributed by atoms with Crippen molar-refractivity contribution in [3.8, 4) is 0 Å². The van der Waals surface area contributed by atoms with Gasteiger partial charge in [0.05, 0.1) is 5.60 Å². The third kappa shape index (κ3) is 3.55. The number of Topliss-reactive ketones (excluding diaryl/α,β-unsaturated/α-hetero) is 1. The van der Waals surface area contributed by atoms with Crippen LogP contribution in [-0.2, 0) is 9.59 Å². The van der Waals surface area contributed by atoms with Crippen LogP contribution in [0.15, 0.2) is 23.8 Å². The van der Waals surface area contributed by atoms with Gasteiger partial charge in [0, 0.05) is 17.8 Å². The Kier molecular flexibility index (Phi) is 5.76. The van der Waals surface area contributed by atoms with Crippen LogP contribution in [0.4, 0.5) is 0 Å². The van der Waals surface area contributed by atoms with E-state index in [1.807, 2.05) is 39.8 Å². The number of carbonyl (C=O) groups excluding carboxylic acids is 2. The lowest BCUT2D eigenvalue weighted by Gasteiger charge is -2.64. The molecule has 4 rings (SSSR count). The number of allylic oxidation sites excluding steroid dienone is 3. The van der Waals surface area contributed by atoms with Crippen molar-refractivity contribution in [2.24, 2.45) is 45.3 Å². The first-order valence-electron chi connectivity index (χ1n) is 13.3. The first-order valence-corrected chi connectivity index (χ1v) is 13.3. The standard InChI is InChI=1S/C30H46O3/c1-19(10-9-14-26(2,3)33)20-13-15-30(8)25-23(31)18-22-21(11-12-24(32)27(22,4)5)28(25,6)16-17-29(20,30)7/h9,14,18-21,25,33H,10-13,15-17H2,1-8H3/b14-9+/t19-,20-,21-,25-,28+,29-,30+/m1/s1. The SMILES string of the molecule is C[C@H](C/C=C/C(C)(C)O)[C@H]1CC[C@@]2(C)[C@@H]3C(=O)C=C4[C@@H](CCC(=O)C4(C)C)[C@]3(C)CC[C@]12C. The van der Waals surface area contributed by atoms with Gasteiger partial charge >= 0.3 is 0 Å². The molecule has 0 aromatic heterocycles. The van der Waals surface area contributed by atoms with E-state index in [1.54, 1.807) is 0 Å². The highest BCUT2D eigenvalue weighted by Gasteiger charge is 2.69. The number of carbonyl (C=O) groups is 2. The van der Waals surface area contributed by atoms with E-state index >= 15 is 0 Å². The van der Waals surface area contributed by atoms with Crippen LogP contribution in [0.2, 0.25) is 0 Å². The average Bonchev–Trinajstić information content (AvgIpc) is 2.95. The minimum Gasteiger partial charge on any atom is -0.386 e. The first kappa shape index (κ1) is 24.9. The predicted octanol–water partition coefficient (Wildman–Crippen LogP) is 6.69. The third-order valence-corrected chi connectivity index (χ3v) is 11.1. The van der Waals surface area contributed by atoms with Crippen LogP contribution in [-0.4, -0.2) is 22.3 Å². The van der Waals surface area contributed by atoms with Crippen LogP contribution in [0.25, 0.3) is 0 Å². The van der Waals surface area contributed by atoms with Crippen molar-refractivity contribution in [3.63, 3.8) is 0 Å². The Labute approximate surface area is 201 Å². The summed E-state index contributed by atoms with van der Waals surface area (Å²) < 4.78 is 0. The molecule has 3 fully saturated rings. The minimum atomic E-state index is -0.770. The number of aliphatic hydroxyl groups is 1. The van der Waals surface area contributed by atoms with Gasteiger partial charge < -0.3 is 5.11 Å². The Morgan fingerprint density at radius 3 is 2.36 bits per heavy atom. The summed E-state index contributed by atoms with van der Waals surface area (Å²) in [6.07, 6.45) is 13.0. The molecule has 0 aromatic carbocycles. The van der Waals surface area contributed by atoms with E-state index in [-0.39, 0.29) is 27.9 Å². The summed E-state index contributed by atoms with van der Waals surface area (Å²) in [6.45, 7) is 17.3. The average molecular weight is 455 g/mol. The molecule has 3 nitrogen and oxygen atoms in total. The van der Waals surface area contributed by atoms with Gasteiger partial charge in [-0.1, -0.05) is 39.8 Å². The Bertz CT molecular complexity index is 902. The maximum atomic E-state index is 13.9. The van der Waals surface area contributed by atoms with Gasteiger partial charge in [-0.2, -0.15) is 0 Å². The Hall–Kier alpha value is -1.22. The topological polar surface area (TPSA) is 54.4 Å². The zero-order chi connectivity index (χ0) is 24.6. The lowest BCUT2D eigenvalue weighted by Crippen LogP contribution is -2.61. The van der Waals surface area contributed by atoms with E-state index in [4.69, 9.17) is 0 Å². The highest BCUT2D eigenvalue weighted by Crippen LogP contribution is 2.74. The van der Waals surface area contributed by atoms with Crippen molar-refractivity contribution >= 4 is 11.6 Å². The van der Waals surface area contributed by atoms with Crippen LogP contribution >= 0.6 is 0 Å². The van der Waals surface area contributed by atoms with Crippen molar-refractivity contribution in [2.75, 3.05) is 0 Å². The number of hydrogen-bond acceptors (Lipinski definition) is 3. The zero-order valence-electron chi connectivity index (χ0n) is 22.3. The van der Waals surface area contributed by atoms with Crippen molar-refractivity contribution < 1.29 is 14.7 Å². The summed E-state index contributed by atoms with van der Waals surface area (Å²) >= 11 is 0. The maximum Gasteiger partial charge on any atom is 0.159 e. The summed E-state index contributed by atoms with van der Waals surface area (Å²) in [4.78, 5) is 26.6. The second-order valence-corrected chi connectivity index (χ2v) is 13.8. The van der Waals surface area contributed by atoms with Gasteiger partial charge in [-0.05, 0) is 112 Å². The fourth-order valence-electron chi connectivity index (χ4n) is 9.03. The van der Waals surface area contributed by atoms with Crippen molar-refractivity contribution in [3.05, 3.63) is 23.8 Å². The van der Waals surface area contributed by atoms with E-state index in [1.165, 1.54) is 6.42 Å². The molecule has 3 heteroatoms. The number of hydrogen-bond donors (Lipinski definition) is 1. The molecule has 0 bridgehead atoms. The van der Waals surface area contributed by atoms with Crippen LogP contribution in [0.5, 0.6) is 0 Å². The Morgan fingerprint density at radius 1 is 1.06 bits per heavy atom. The van der Waals surface area contributed by atoms with Crippen molar-refractivity contribution in [2.45, 2.75) is 106 Å². The van der Waals surface area contributed by atoms with Gasteiger partial charge in [-0.3, -0.25) is 9.59 Å².